The molecule has 1 aromatic rings. The molecule has 1 atom stereocenters. The number of amides is 1. The Labute approximate surface area is 195 Å². The van der Waals surface area contributed by atoms with Crippen LogP contribution in [0.3, 0.4) is 0 Å². The Bertz CT molecular complexity index is 927. The van der Waals surface area contributed by atoms with Crippen molar-refractivity contribution in [3.8, 4) is 0 Å². The van der Waals surface area contributed by atoms with Gasteiger partial charge < -0.3 is 19.1 Å². The molecule has 180 valence electrons. The summed E-state index contributed by atoms with van der Waals surface area (Å²) in [6, 6.07) is 5.58. The molecule has 0 unspecified atom stereocenters. The molecule has 1 amide bonds. The third kappa shape index (κ3) is 4.81. The van der Waals surface area contributed by atoms with E-state index in [-0.39, 0.29) is 17.5 Å². The van der Waals surface area contributed by atoms with Crippen LogP contribution in [-0.4, -0.2) is 79.1 Å². The van der Waals surface area contributed by atoms with E-state index in [1.807, 2.05) is 26.8 Å². The number of carbonyl (C=O) groups is 1. The van der Waals surface area contributed by atoms with Gasteiger partial charge in [0.05, 0.1) is 32.9 Å². The lowest BCUT2D eigenvalue weighted by Crippen LogP contribution is -2.64. The van der Waals surface area contributed by atoms with Crippen molar-refractivity contribution in [3.63, 3.8) is 0 Å². The lowest BCUT2D eigenvalue weighted by atomic mass is 9.83. The zero-order valence-electron chi connectivity index (χ0n) is 19.9. The van der Waals surface area contributed by atoms with Crippen molar-refractivity contribution in [1.82, 2.24) is 9.80 Å². The van der Waals surface area contributed by atoms with Gasteiger partial charge in [-0.05, 0) is 87.9 Å². The molecule has 0 saturated carbocycles. The molecule has 1 spiro atoms. The quantitative estimate of drug-likeness (QED) is 0.680. The van der Waals surface area contributed by atoms with Crippen LogP contribution >= 0.6 is 0 Å². The van der Waals surface area contributed by atoms with Crippen LogP contribution < -0.4 is 0 Å². The highest BCUT2D eigenvalue weighted by Crippen LogP contribution is 2.40. The fourth-order valence-electron chi connectivity index (χ4n) is 5.69. The van der Waals surface area contributed by atoms with E-state index in [9.17, 15) is 9.18 Å². The Morgan fingerprint density at radius 2 is 1.97 bits per heavy atom. The smallest absolute Gasteiger partial charge is 0.410 e. The molecule has 3 fully saturated rings. The van der Waals surface area contributed by atoms with Crippen molar-refractivity contribution in [2.24, 2.45) is 0 Å². The lowest BCUT2D eigenvalue weighted by Gasteiger charge is -2.47. The van der Waals surface area contributed by atoms with Crippen molar-refractivity contribution < 1.29 is 23.4 Å². The molecule has 5 rings (SSSR count). The number of hydrogen-bond acceptors (Lipinski definition) is 5. The van der Waals surface area contributed by atoms with Gasteiger partial charge >= 0.3 is 6.09 Å². The summed E-state index contributed by atoms with van der Waals surface area (Å²) in [6.07, 6.45) is 4.83. The maximum atomic E-state index is 14.1. The van der Waals surface area contributed by atoms with Crippen LogP contribution in [0.5, 0.6) is 0 Å². The van der Waals surface area contributed by atoms with E-state index in [4.69, 9.17) is 14.2 Å². The molecule has 0 radical (unpaired) electrons. The first-order chi connectivity index (χ1) is 15.7. The predicted octanol–water partition coefficient (Wildman–Crippen LogP) is 4.20. The number of likely N-dealkylation sites (tertiary alicyclic amines) is 2. The third-order valence-electron chi connectivity index (χ3n) is 7.35. The molecule has 0 aromatic heterocycles. The highest BCUT2D eigenvalue weighted by Gasteiger charge is 2.53. The van der Waals surface area contributed by atoms with E-state index < -0.39 is 5.60 Å². The van der Waals surface area contributed by atoms with Gasteiger partial charge in [0.15, 0.2) is 0 Å². The molecule has 4 heterocycles. The molecular weight excluding hydrogens is 423 g/mol. The first-order valence-corrected chi connectivity index (χ1v) is 12.1. The van der Waals surface area contributed by atoms with Crippen molar-refractivity contribution in [1.29, 1.82) is 0 Å². The van der Waals surface area contributed by atoms with E-state index in [2.05, 4.69) is 11.0 Å². The van der Waals surface area contributed by atoms with Crippen molar-refractivity contribution >= 4 is 11.7 Å². The van der Waals surface area contributed by atoms with Gasteiger partial charge in [0.2, 0.25) is 0 Å². The molecule has 4 aliphatic rings. The summed E-state index contributed by atoms with van der Waals surface area (Å²) in [6.45, 7) is 10.8. The first kappa shape index (κ1) is 22.8. The Balaban J connectivity index is 1.16. The first-order valence-electron chi connectivity index (χ1n) is 12.1. The minimum absolute atomic E-state index is 0.165. The molecule has 0 aliphatic carbocycles. The van der Waals surface area contributed by atoms with Crippen LogP contribution in [0, 0.1) is 5.82 Å². The number of hydrogen-bond donors (Lipinski definition) is 0. The molecule has 7 heteroatoms. The lowest BCUT2D eigenvalue weighted by molar-refractivity contribution is -0.109. The van der Waals surface area contributed by atoms with Crippen molar-refractivity contribution in [3.05, 3.63) is 41.2 Å². The van der Waals surface area contributed by atoms with Gasteiger partial charge in [-0.1, -0.05) is 12.1 Å². The minimum atomic E-state index is -0.480. The SMILES string of the molecule is CC(C)(C)OC(=O)N1CC2(C[C@H](N3CCC(c4cc(F)ccc4C4=CCOC4)CC3)CO2)C1. The minimum Gasteiger partial charge on any atom is -0.444 e. The highest BCUT2D eigenvalue weighted by atomic mass is 19.1. The van der Waals surface area contributed by atoms with Crippen molar-refractivity contribution in [2.45, 2.75) is 63.2 Å². The second-order valence-electron chi connectivity index (χ2n) is 11.0. The maximum absolute atomic E-state index is 14.1. The van der Waals surface area contributed by atoms with E-state index in [1.54, 1.807) is 17.0 Å². The number of ether oxygens (including phenoxy) is 3. The molecule has 4 aliphatic heterocycles. The summed E-state index contributed by atoms with van der Waals surface area (Å²) in [4.78, 5) is 16.5. The fraction of sp³-hybridized carbons (Fsp3) is 0.654. The number of carbonyl (C=O) groups excluding carboxylic acids is 1. The summed E-state index contributed by atoms with van der Waals surface area (Å²) in [5.41, 5.74) is 2.75. The van der Waals surface area contributed by atoms with Gasteiger partial charge in [-0.25, -0.2) is 9.18 Å². The average Bonchev–Trinajstić information content (AvgIpc) is 3.42. The molecule has 0 N–H and O–H groups in total. The second kappa shape index (κ2) is 8.67. The highest BCUT2D eigenvalue weighted by molar-refractivity contribution is 5.71. The standard InChI is InChI=1S/C26H35FN2O4/c1-25(2,3)33-24(30)29-16-26(17-29)13-21(15-32-26)28-9-6-18(7-10-28)23-12-20(27)4-5-22(23)19-8-11-31-14-19/h4-5,8,12,18,21H,6-7,9-11,13-17H2,1-3H3/t21-/m0/s1. The number of piperidine rings is 1. The second-order valence-corrected chi connectivity index (χ2v) is 11.0. The zero-order valence-corrected chi connectivity index (χ0v) is 19.9. The number of benzene rings is 1. The largest absolute Gasteiger partial charge is 0.444 e. The predicted molar refractivity (Wildman–Crippen MR) is 124 cm³/mol. The van der Waals surface area contributed by atoms with Gasteiger partial charge in [0.25, 0.3) is 0 Å². The van der Waals surface area contributed by atoms with Gasteiger partial charge in [-0.2, -0.15) is 0 Å². The summed E-state index contributed by atoms with van der Waals surface area (Å²) in [5.74, 6) is 0.192. The molecule has 1 aromatic carbocycles. The fourth-order valence-corrected chi connectivity index (χ4v) is 5.69. The molecule has 3 saturated heterocycles. The third-order valence-corrected chi connectivity index (χ3v) is 7.35. The Kier molecular flexibility index (Phi) is 6.00. The maximum Gasteiger partial charge on any atom is 0.410 e. The Morgan fingerprint density at radius 3 is 2.64 bits per heavy atom. The number of nitrogens with zero attached hydrogens (tertiary/aromatic N) is 2. The molecule has 0 bridgehead atoms. The summed E-state index contributed by atoms with van der Waals surface area (Å²) >= 11 is 0. The van der Waals surface area contributed by atoms with E-state index in [0.717, 1.165) is 43.5 Å². The Morgan fingerprint density at radius 1 is 1.21 bits per heavy atom. The van der Waals surface area contributed by atoms with E-state index >= 15 is 0 Å². The van der Waals surface area contributed by atoms with Gasteiger partial charge in [0, 0.05) is 6.04 Å². The number of halogens is 1. The van der Waals surface area contributed by atoms with Crippen LogP contribution in [0.25, 0.3) is 5.57 Å². The van der Waals surface area contributed by atoms with Crippen LogP contribution in [-0.2, 0) is 14.2 Å². The molecule has 6 nitrogen and oxygen atoms in total. The van der Waals surface area contributed by atoms with Crippen LogP contribution in [0.15, 0.2) is 24.3 Å². The van der Waals surface area contributed by atoms with Crippen LogP contribution in [0.4, 0.5) is 9.18 Å². The van der Waals surface area contributed by atoms with E-state index in [1.165, 1.54) is 5.57 Å². The average molecular weight is 459 g/mol. The Hall–Kier alpha value is -1.96. The zero-order chi connectivity index (χ0) is 23.2. The van der Waals surface area contributed by atoms with Crippen LogP contribution in [0.2, 0.25) is 0 Å². The van der Waals surface area contributed by atoms with Gasteiger partial charge in [-0.15, -0.1) is 0 Å². The van der Waals surface area contributed by atoms with Crippen LogP contribution in [0.1, 0.15) is 57.1 Å². The summed E-state index contributed by atoms with van der Waals surface area (Å²) in [7, 11) is 0. The molecule has 33 heavy (non-hydrogen) atoms. The molecular formula is C26H35FN2O4. The monoisotopic (exact) mass is 458 g/mol. The normalized spacial score (nSPS) is 25.9. The summed E-state index contributed by atoms with van der Waals surface area (Å²) in [5, 5.41) is 0. The van der Waals surface area contributed by atoms with E-state index in [0.29, 0.717) is 44.9 Å². The van der Waals surface area contributed by atoms with Gasteiger partial charge in [-0.3, -0.25) is 4.90 Å². The van der Waals surface area contributed by atoms with Crippen molar-refractivity contribution in [2.75, 3.05) is 46.0 Å². The van der Waals surface area contributed by atoms with Gasteiger partial charge in [0.1, 0.15) is 17.0 Å². The summed E-state index contributed by atoms with van der Waals surface area (Å²) < 4.78 is 31.3. The topological polar surface area (TPSA) is 51.2 Å². The number of rotatable bonds is 3.